The highest BCUT2D eigenvalue weighted by atomic mass is 16.2. The largest absolute Gasteiger partial charge is 0.364 e. The van der Waals surface area contributed by atoms with E-state index in [-0.39, 0.29) is 18.1 Å². The van der Waals surface area contributed by atoms with Gasteiger partial charge in [0, 0.05) is 6.54 Å². The van der Waals surface area contributed by atoms with Crippen LogP contribution in [0.1, 0.15) is 16.1 Å². The molecule has 0 aliphatic carbocycles. The summed E-state index contributed by atoms with van der Waals surface area (Å²) >= 11 is 0. The molecule has 2 amide bonds. The molecular formula is C14H13N7O2. The van der Waals surface area contributed by atoms with Gasteiger partial charge < -0.3 is 16.0 Å². The monoisotopic (exact) mass is 311 g/mol. The molecule has 1 aromatic heterocycles. The summed E-state index contributed by atoms with van der Waals surface area (Å²) in [5.74, 6) is -1.37. The molecule has 0 aliphatic rings. The summed E-state index contributed by atoms with van der Waals surface area (Å²) in [6, 6.07) is 10.9. The van der Waals surface area contributed by atoms with Gasteiger partial charge in [-0.15, -0.1) is 0 Å². The Balaban J connectivity index is 2.01. The van der Waals surface area contributed by atoms with Gasteiger partial charge in [-0.05, 0) is 5.56 Å². The molecule has 2 rings (SSSR count). The summed E-state index contributed by atoms with van der Waals surface area (Å²) < 4.78 is 0. The number of nitrogens with zero attached hydrogens (tertiary/aromatic N) is 3. The third kappa shape index (κ3) is 4.15. The Kier molecular flexibility index (Phi) is 5.04. The van der Waals surface area contributed by atoms with Crippen LogP contribution in [0, 0.1) is 11.3 Å². The van der Waals surface area contributed by atoms with E-state index >= 15 is 0 Å². The van der Waals surface area contributed by atoms with E-state index in [1.807, 2.05) is 30.3 Å². The third-order valence-electron chi connectivity index (χ3n) is 2.78. The second kappa shape index (κ2) is 7.37. The maximum Gasteiger partial charge on any atom is 0.282 e. The molecule has 9 nitrogen and oxygen atoms in total. The minimum absolute atomic E-state index is 0.00395. The second-order valence-corrected chi connectivity index (χ2v) is 4.34. The van der Waals surface area contributed by atoms with E-state index in [4.69, 9.17) is 11.0 Å². The zero-order chi connectivity index (χ0) is 16.7. The zero-order valence-electron chi connectivity index (χ0n) is 11.9. The minimum Gasteiger partial charge on any atom is -0.364 e. The molecule has 9 heteroatoms. The van der Waals surface area contributed by atoms with E-state index < -0.39 is 17.5 Å². The predicted octanol–water partition coefficient (Wildman–Crippen LogP) is 0.116. The van der Waals surface area contributed by atoms with Crippen molar-refractivity contribution in [2.45, 2.75) is 6.54 Å². The number of H-pyrrole nitrogens is 1. The molecule has 0 bridgehead atoms. The number of carbonyl (C=O) groups excluding carboxylic acids is 2. The first-order chi connectivity index (χ1) is 11.1. The first kappa shape index (κ1) is 15.7. The van der Waals surface area contributed by atoms with Crippen molar-refractivity contribution in [1.29, 1.82) is 5.26 Å². The zero-order valence-corrected chi connectivity index (χ0v) is 11.9. The van der Waals surface area contributed by atoms with Crippen molar-refractivity contribution in [3.05, 3.63) is 47.9 Å². The van der Waals surface area contributed by atoms with E-state index in [9.17, 15) is 9.59 Å². The van der Waals surface area contributed by atoms with E-state index in [1.165, 1.54) is 6.33 Å². The van der Waals surface area contributed by atoms with Crippen LogP contribution >= 0.6 is 0 Å². The normalized spacial score (nSPS) is 10.7. The number of nitriles is 1. The Hall–Kier alpha value is -3.67. The van der Waals surface area contributed by atoms with Crippen molar-refractivity contribution in [2.75, 3.05) is 5.43 Å². The van der Waals surface area contributed by atoms with Gasteiger partial charge in [-0.2, -0.15) is 10.4 Å². The highest BCUT2D eigenvalue weighted by Gasteiger charge is 2.13. The third-order valence-corrected chi connectivity index (χ3v) is 2.78. The smallest absolute Gasteiger partial charge is 0.282 e. The molecule has 5 N–H and O–H groups in total. The molecule has 0 radical (unpaired) electrons. The lowest BCUT2D eigenvalue weighted by Gasteiger charge is -2.04. The number of imidazole rings is 1. The van der Waals surface area contributed by atoms with Crippen molar-refractivity contribution in [2.24, 2.45) is 10.8 Å². The number of anilines is 1. The molecular weight excluding hydrogens is 298 g/mol. The van der Waals surface area contributed by atoms with Crippen molar-refractivity contribution >= 4 is 23.3 Å². The lowest BCUT2D eigenvalue weighted by molar-refractivity contribution is -0.114. The number of nitrogens with one attached hydrogen (secondary N) is 3. The van der Waals surface area contributed by atoms with Gasteiger partial charge in [0.15, 0.2) is 5.82 Å². The van der Waals surface area contributed by atoms with Crippen LogP contribution in [0.3, 0.4) is 0 Å². The molecule has 0 spiro atoms. The fraction of sp³-hybridized carbons (Fsp3) is 0.0714. The lowest BCUT2D eigenvalue weighted by atomic mass is 10.2. The van der Waals surface area contributed by atoms with Gasteiger partial charge in [0.05, 0.1) is 6.33 Å². The highest BCUT2D eigenvalue weighted by Crippen LogP contribution is 2.08. The first-order valence-electron chi connectivity index (χ1n) is 6.51. The van der Waals surface area contributed by atoms with Crippen molar-refractivity contribution in [1.82, 2.24) is 15.3 Å². The standard InChI is InChI=1S/C14H13N7O2/c15-6-10(14(23)17-7-9-4-2-1-3-5-9)20-21-13-11(12(16)22)18-8-19-13/h1-5,8,21H,7H2,(H2,16,22)(H,17,23)(H,18,19)/b20-10+. The van der Waals surface area contributed by atoms with Gasteiger partial charge in [-0.1, -0.05) is 30.3 Å². The van der Waals surface area contributed by atoms with E-state index in [0.29, 0.717) is 0 Å². The number of hydrogen-bond donors (Lipinski definition) is 4. The van der Waals surface area contributed by atoms with Crippen LogP contribution in [0.25, 0.3) is 0 Å². The summed E-state index contributed by atoms with van der Waals surface area (Å²) in [6.07, 6.45) is 1.24. The van der Waals surface area contributed by atoms with Crippen LogP contribution in [-0.2, 0) is 11.3 Å². The van der Waals surface area contributed by atoms with Crippen LogP contribution < -0.4 is 16.5 Å². The number of carbonyl (C=O) groups is 2. The van der Waals surface area contributed by atoms with E-state index in [2.05, 4.69) is 25.8 Å². The van der Waals surface area contributed by atoms with Crippen LogP contribution in [0.2, 0.25) is 0 Å². The van der Waals surface area contributed by atoms with Crippen LogP contribution in [-0.4, -0.2) is 27.5 Å². The van der Waals surface area contributed by atoms with Crippen molar-refractivity contribution in [3.63, 3.8) is 0 Å². The quantitative estimate of drug-likeness (QED) is 0.441. The van der Waals surface area contributed by atoms with Crippen molar-refractivity contribution < 1.29 is 9.59 Å². The number of primary amides is 1. The van der Waals surface area contributed by atoms with Crippen LogP contribution in [0.5, 0.6) is 0 Å². The van der Waals surface area contributed by atoms with E-state index in [0.717, 1.165) is 5.56 Å². The van der Waals surface area contributed by atoms with Crippen LogP contribution in [0.15, 0.2) is 41.8 Å². The molecule has 0 unspecified atom stereocenters. The number of hydrogen-bond acceptors (Lipinski definition) is 6. The molecule has 0 fully saturated rings. The van der Waals surface area contributed by atoms with E-state index in [1.54, 1.807) is 6.07 Å². The summed E-state index contributed by atoms with van der Waals surface area (Å²) in [7, 11) is 0. The van der Waals surface area contributed by atoms with Gasteiger partial charge >= 0.3 is 0 Å². The average molecular weight is 311 g/mol. The molecule has 1 aromatic carbocycles. The molecule has 116 valence electrons. The minimum atomic E-state index is -0.743. The number of benzene rings is 1. The second-order valence-electron chi connectivity index (χ2n) is 4.34. The maximum absolute atomic E-state index is 11.9. The van der Waals surface area contributed by atoms with Gasteiger partial charge in [-0.25, -0.2) is 4.98 Å². The Labute approximate surface area is 131 Å². The van der Waals surface area contributed by atoms with Gasteiger partial charge in [-0.3, -0.25) is 15.0 Å². The Morgan fingerprint density at radius 3 is 2.74 bits per heavy atom. The summed E-state index contributed by atoms with van der Waals surface area (Å²) in [5.41, 5.74) is 7.97. The maximum atomic E-state index is 11.9. The fourth-order valence-electron chi connectivity index (χ4n) is 1.66. The topological polar surface area (TPSA) is 149 Å². The van der Waals surface area contributed by atoms with Crippen LogP contribution in [0.4, 0.5) is 5.82 Å². The summed E-state index contributed by atoms with van der Waals surface area (Å²) in [6.45, 7) is 0.259. The Morgan fingerprint density at radius 2 is 2.09 bits per heavy atom. The molecule has 0 saturated carbocycles. The number of rotatable bonds is 6. The number of nitrogens with two attached hydrogens (primary N) is 1. The molecule has 0 atom stereocenters. The Bertz CT molecular complexity index is 774. The summed E-state index contributed by atoms with van der Waals surface area (Å²) in [5, 5.41) is 15.2. The molecule has 2 aromatic rings. The molecule has 0 aliphatic heterocycles. The Morgan fingerprint density at radius 1 is 1.35 bits per heavy atom. The first-order valence-corrected chi connectivity index (χ1v) is 6.51. The highest BCUT2D eigenvalue weighted by molar-refractivity contribution is 6.45. The summed E-state index contributed by atoms with van der Waals surface area (Å²) in [4.78, 5) is 29.3. The number of hydrazone groups is 1. The fourth-order valence-corrected chi connectivity index (χ4v) is 1.66. The van der Waals surface area contributed by atoms with Gasteiger partial charge in [0.1, 0.15) is 11.8 Å². The van der Waals surface area contributed by atoms with Gasteiger partial charge in [0.2, 0.25) is 5.71 Å². The molecule has 0 saturated heterocycles. The predicted molar refractivity (Wildman–Crippen MR) is 82.1 cm³/mol. The number of amides is 2. The molecule has 1 heterocycles. The van der Waals surface area contributed by atoms with Gasteiger partial charge in [0.25, 0.3) is 11.8 Å². The average Bonchev–Trinajstić information content (AvgIpc) is 3.03. The number of aromatic amines is 1. The molecule has 23 heavy (non-hydrogen) atoms. The number of aromatic nitrogens is 2. The van der Waals surface area contributed by atoms with Crippen molar-refractivity contribution in [3.8, 4) is 6.07 Å². The SMILES string of the molecule is N#C/C(=N\Nc1nc[nH]c1C(N)=O)C(=O)NCc1ccccc1. The lowest BCUT2D eigenvalue weighted by Crippen LogP contribution is -2.30.